The number of aldehydes is 1. The summed E-state index contributed by atoms with van der Waals surface area (Å²) in [6.07, 6.45) is 12.6. The number of nitrogens with one attached hydrogen (secondary N) is 1. The summed E-state index contributed by atoms with van der Waals surface area (Å²) in [7, 11) is 0. The number of anilines is 1. The Hall–Kier alpha value is -2.76. The van der Waals surface area contributed by atoms with Gasteiger partial charge in [0.1, 0.15) is 12.1 Å². The number of nitrogens with zero attached hydrogens (tertiary/aromatic N) is 3. The molecule has 160 valence electrons. The minimum Gasteiger partial charge on any atom is -0.370 e. The lowest BCUT2D eigenvalue weighted by atomic mass is 9.85. The number of hydrogen-bond donors (Lipinski definition) is 1. The van der Waals surface area contributed by atoms with E-state index < -0.39 is 0 Å². The fourth-order valence-corrected chi connectivity index (χ4v) is 4.14. The molecule has 0 spiro atoms. The maximum Gasteiger partial charge on any atom is 0.222 e. The fourth-order valence-electron chi connectivity index (χ4n) is 4.14. The third-order valence-corrected chi connectivity index (χ3v) is 5.97. The van der Waals surface area contributed by atoms with Crippen LogP contribution in [0.15, 0.2) is 48.9 Å². The van der Waals surface area contributed by atoms with Crippen molar-refractivity contribution in [3.8, 4) is 0 Å². The Labute approximate surface area is 179 Å². The van der Waals surface area contributed by atoms with E-state index in [0.29, 0.717) is 18.8 Å². The van der Waals surface area contributed by atoms with Gasteiger partial charge in [0, 0.05) is 51.1 Å². The van der Waals surface area contributed by atoms with E-state index >= 15 is 0 Å². The molecule has 0 aromatic carbocycles. The first kappa shape index (κ1) is 21.9. The minimum absolute atomic E-state index is 0.252. The maximum absolute atomic E-state index is 12.5. The molecule has 0 saturated carbocycles. The molecular formula is C24H32N4O2. The second-order valence-corrected chi connectivity index (χ2v) is 8.03. The molecule has 3 rings (SSSR count). The van der Waals surface area contributed by atoms with Crippen LogP contribution in [0.25, 0.3) is 0 Å². The van der Waals surface area contributed by atoms with Gasteiger partial charge in [0.25, 0.3) is 0 Å². The Morgan fingerprint density at radius 3 is 2.77 bits per heavy atom. The number of likely N-dealkylation sites (tertiary alicyclic amines) is 1. The van der Waals surface area contributed by atoms with Crippen LogP contribution >= 0.6 is 0 Å². The van der Waals surface area contributed by atoms with Gasteiger partial charge < -0.3 is 15.0 Å². The second kappa shape index (κ2) is 12.1. The van der Waals surface area contributed by atoms with Crippen molar-refractivity contribution < 1.29 is 9.59 Å². The highest BCUT2D eigenvalue weighted by atomic mass is 16.2. The lowest BCUT2D eigenvalue weighted by Crippen LogP contribution is -2.38. The molecule has 1 atom stereocenters. The zero-order valence-electron chi connectivity index (χ0n) is 17.6. The summed E-state index contributed by atoms with van der Waals surface area (Å²) in [4.78, 5) is 34.0. The highest BCUT2D eigenvalue weighted by Gasteiger charge is 2.23. The molecular weight excluding hydrogens is 376 g/mol. The number of piperidine rings is 1. The number of pyridine rings is 2. The zero-order valence-corrected chi connectivity index (χ0v) is 17.6. The second-order valence-electron chi connectivity index (χ2n) is 8.03. The van der Waals surface area contributed by atoms with E-state index in [1.165, 1.54) is 0 Å². The molecule has 1 unspecified atom stereocenters. The summed E-state index contributed by atoms with van der Waals surface area (Å²) in [6, 6.07) is 9.76. The third kappa shape index (κ3) is 6.94. The van der Waals surface area contributed by atoms with Crippen LogP contribution in [-0.4, -0.2) is 46.7 Å². The fraction of sp³-hybridized carbons (Fsp3) is 0.500. The molecule has 1 fully saturated rings. The van der Waals surface area contributed by atoms with Gasteiger partial charge in [-0.25, -0.2) is 4.98 Å². The zero-order chi connectivity index (χ0) is 21.0. The summed E-state index contributed by atoms with van der Waals surface area (Å²) >= 11 is 0. The maximum atomic E-state index is 12.5. The molecule has 0 radical (unpaired) electrons. The number of rotatable bonds is 11. The number of amides is 1. The van der Waals surface area contributed by atoms with Crippen molar-refractivity contribution in [3.63, 3.8) is 0 Å². The molecule has 1 aliphatic rings. The first-order valence-electron chi connectivity index (χ1n) is 11.0. The van der Waals surface area contributed by atoms with Gasteiger partial charge in [-0.3, -0.25) is 9.78 Å². The normalized spacial score (nSPS) is 15.5. The lowest BCUT2D eigenvalue weighted by molar-refractivity contribution is -0.132. The first-order chi connectivity index (χ1) is 14.8. The van der Waals surface area contributed by atoms with Gasteiger partial charge in [0.2, 0.25) is 5.91 Å². The predicted octanol–water partition coefficient (Wildman–Crippen LogP) is 4.06. The van der Waals surface area contributed by atoms with Gasteiger partial charge in [-0.15, -0.1) is 0 Å². The Kier molecular flexibility index (Phi) is 8.81. The number of carbonyl (C=O) groups excluding carboxylic acids is 2. The molecule has 1 aliphatic heterocycles. The van der Waals surface area contributed by atoms with Crippen LogP contribution in [0.5, 0.6) is 0 Å². The Balaban J connectivity index is 1.33. The molecule has 1 N–H and O–H groups in total. The summed E-state index contributed by atoms with van der Waals surface area (Å²) in [5.74, 6) is 1.99. The van der Waals surface area contributed by atoms with E-state index in [1.54, 1.807) is 12.4 Å². The monoisotopic (exact) mass is 408 g/mol. The van der Waals surface area contributed by atoms with Gasteiger partial charge >= 0.3 is 0 Å². The van der Waals surface area contributed by atoms with Crippen molar-refractivity contribution in [1.82, 2.24) is 14.9 Å². The molecule has 1 amide bonds. The van der Waals surface area contributed by atoms with Gasteiger partial charge in [0.15, 0.2) is 0 Å². The molecule has 2 aromatic rings. The van der Waals surface area contributed by atoms with Crippen molar-refractivity contribution in [2.45, 2.75) is 50.9 Å². The molecule has 6 nitrogen and oxygen atoms in total. The van der Waals surface area contributed by atoms with Crippen LogP contribution < -0.4 is 5.32 Å². The highest BCUT2D eigenvalue weighted by molar-refractivity contribution is 5.76. The van der Waals surface area contributed by atoms with Gasteiger partial charge in [-0.2, -0.15) is 0 Å². The smallest absolute Gasteiger partial charge is 0.222 e. The van der Waals surface area contributed by atoms with E-state index in [4.69, 9.17) is 0 Å². The number of carbonyl (C=O) groups is 2. The van der Waals surface area contributed by atoms with Crippen molar-refractivity contribution in [2.24, 2.45) is 5.92 Å². The Morgan fingerprint density at radius 2 is 2.07 bits per heavy atom. The molecule has 30 heavy (non-hydrogen) atoms. The topological polar surface area (TPSA) is 75.2 Å². The average Bonchev–Trinajstić information content (AvgIpc) is 2.81. The van der Waals surface area contributed by atoms with Crippen molar-refractivity contribution in [1.29, 1.82) is 0 Å². The predicted molar refractivity (Wildman–Crippen MR) is 118 cm³/mol. The van der Waals surface area contributed by atoms with E-state index in [1.807, 2.05) is 35.4 Å². The molecule has 2 aromatic heterocycles. The quantitative estimate of drug-likeness (QED) is 0.448. The Bertz CT molecular complexity index is 761. The summed E-state index contributed by atoms with van der Waals surface area (Å²) < 4.78 is 0. The van der Waals surface area contributed by atoms with Crippen LogP contribution in [0.1, 0.15) is 56.4 Å². The summed E-state index contributed by atoms with van der Waals surface area (Å²) in [5.41, 5.74) is 1.15. The largest absolute Gasteiger partial charge is 0.370 e. The number of hydrogen-bond acceptors (Lipinski definition) is 5. The van der Waals surface area contributed by atoms with Gasteiger partial charge in [-0.1, -0.05) is 12.1 Å². The van der Waals surface area contributed by atoms with Gasteiger partial charge in [0.05, 0.1) is 0 Å². The van der Waals surface area contributed by atoms with Crippen LogP contribution in [0.2, 0.25) is 0 Å². The molecule has 0 bridgehead atoms. The Morgan fingerprint density at radius 1 is 1.20 bits per heavy atom. The lowest BCUT2D eigenvalue weighted by Gasteiger charge is -2.32. The molecule has 3 heterocycles. The van der Waals surface area contributed by atoms with Crippen LogP contribution in [0, 0.1) is 5.92 Å². The first-order valence-corrected chi connectivity index (χ1v) is 11.0. The van der Waals surface area contributed by atoms with E-state index in [-0.39, 0.29) is 11.8 Å². The van der Waals surface area contributed by atoms with Crippen LogP contribution in [0.4, 0.5) is 5.82 Å². The minimum atomic E-state index is 0.252. The van der Waals surface area contributed by atoms with Crippen LogP contribution in [-0.2, 0) is 9.59 Å². The van der Waals surface area contributed by atoms with Crippen molar-refractivity contribution >= 4 is 18.0 Å². The highest BCUT2D eigenvalue weighted by Crippen LogP contribution is 2.29. The molecule has 1 saturated heterocycles. The summed E-state index contributed by atoms with van der Waals surface area (Å²) in [6.45, 7) is 2.45. The van der Waals surface area contributed by atoms with Crippen LogP contribution in [0.3, 0.4) is 0 Å². The SMILES string of the molecule is O=CCC(CCC1CCN(C(=O)CCCNc2ccccn2)CC1)c1cccnc1. The van der Waals surface area contributed by atoms with Crippen molar-refractivity contribution in [2.75, 3.05) is 25.0 Å². The molecule has 6 heteroatoms. The van der Waals surface area contributed by atoms with E-state index in [9.17, 15) is 9.59 Å². The summed E-state index contributed by atoms with van der Waals surface area (Å²) in [5, 5.41) is 3.25. The van der Waals surface area contributed by atoms with Gasteiger partial charge in [-0.05, 0) is 67.7 Å². The number of aromatic nitrogens is 2. The average molecular weight is 409 g/mol. The third-order valence-electron chi connectivity index (χ3n) is 5.97. The standard InChI is InChI=1S/C24H32N4O2/c29-18-12-21(22-5-3-13-25-19-22)9-8-20-10-16-28(17-11-20)24(30)7-4-15-27-23-6-1-2-14-26-23/h1-3,5-6,13-14,18-21H,4,7-12,15-17H2,(H,26,27). The van der Waals surface area contributed by atoms with Crippen molar-refractivity contribution in [3.05, 3.63) is 54.5 Å². The van der Waals surface area contributed by atoms with E-state index in [2.05, 4.69) is 21.4 Å². The van der Waals surface area contributed by atoms with E-state index in [0.717, 1.165) is 69.4 Å². The molecule has 0 aliphatic carbocycles.